The van der Waals surface area contributed by atoms with E-state index in [0.29, 0.717) is 23.6 Å². The first-order valence-electron chi connectivity index (χ1n) is 7.59. The maximum atomic E-state index is 12.1. The third kappa shape index (κ3) is 3.71. The SMILES string of the molecule is O=C(OCCCN1CCCC1)c1cccc(-c2nnco2)c1. The van der Waals surface area contributed by atoms with E-state index >= 15 is 0 Å². The van der Waals surface area contributed by atoms with Crippen molar-refractivity contribution in [2.45, 2.75) is 19.3 Å². The zero-order chi connectivity index (χ0) is 15.2. The van der Waals surface area contributed by atoms with Gasteiger partial charge in [0.2, 0.25) is 12.3 Å². The Bertz CT molecular complexity index is 607. The van der Waals surface area contributed by atoms with Gasteiger partial charge < -0.3 is 14.1 Å². The molecule has 0 atom stereocenters. The van der Waals surface area contributed by atoms with Gasteiger partial charge >= 0.3 is 5.97 Å². The maximum Gasteiger partial charge on any atom is 0.338 e. The summed E-state index contributed by atoms with van der Waals surface area (Å²) < 4.78 is 10.5. The summed E-state index contributed by atoms with van der Waals surface area (Å²) in [5, 5.41) is 7.47. The summed E-state index contributed by atoms with van der Waals surface area (Å²) in [5.41, 5.74) is 1.21. The summed E-state index contributed by atoms with van der Waals surface area (Å²) >= 11 is 0. The molecule has 1 fully saturated rings. The highest BCUT2D eigenvalue weighted by Gasteiger charge is 2.13. The van der Waals surface area contributed by atoms with Crippen molar-refractivity contribution < 1.29 is 13.9 Å². The van der Waals surface area contributed by atoms with E-state index in [-0.39, 0.29) is 5.97 Å². The molecule has 1 aromatic heterocycles. The second kappa shape index (κ2) is 7.17. The minimum Gasteiger partial charge on any atom is -0.462 e. The Morgan fingerprint density at radius 1 is 1.32 bits per heavy atom. The van der Waals surface area contributed by atoms with Crippen LogP contribution in [0.4, 0.5) is 0 Å². The molecule has 1 aliphatic rings. The number of carbonyl (C=O) groups excluding carboxylic acids is 1. The molecule has 1 aliphatic heterocycles. The Labute approximate surface area is 129 Å². The van der Waals surface area contributed by atoms with Crippen LogP contribution in [0.2, 0.25) is 0 Å². The molecular weight excluding hydrogens is 282 g/mol. The van der Waals surface area contributed by atoms with Gasteiger partial charge in [-0.05, 0) is 50.6 Å². The minimum atomic E-state index is -0.317. The molecule has 116 valence electrons. The highest BCUT2D eigenvalue weighted by Crippen LogP contribution is 2.18. The molecule has 0 saturated carbocycles. The lowest BCUT2D eigenvalue weighted by atomic mass is 10.1. The van der Waals surface area contributed by atoms with Crippen LogP contribution in [0, 0.1) is 0 Å². The predicted molar refractivity (Wildman–Crippen MR) is 80.3 cm³/mol. The van der Waals surface area contributed by atoms with Crippen LogP contribution in [-0.4, -0.2) is 47.3 Å². The van der Waals surface area contributed by atoms with Crippen LogP contribution in [0.1, 0.15) is 29.6 Å². The third-order valence-electron chi connectivity index (χ3n) is 3.76. The fourth-order valence-corrected chi connectivity index (χ4v) is 2.62. The van der Waals surface area contributed by atoms with Crippen molar-refractivity contribution in [3.8, 4) is 11.5 Å². The van der Waals surface area contributed by atoms with Crippen LogP contribution in [0.5, 0.6) is 0 Å². The fourth-order valence-electron chi connectivity index (χ4n) is 2.62. The van der Waals surface area contributed by atoms with E-state index in [9.17, 15) is 4.79 Å². The highest BCUT2D eigenvalue weighted by atomic mass is 16.5. The molecule has 0 amide bonds. The minimum absolute atomic E-state index is 0.317. The van der Waals surface area contributed by atoms with Crippen molar-refractivity contribution in [3.05, 3.63) is 36.2 Å². The van der Waals surface area contributed by atoms with Crippen molar-refractivity contribution >= 4 is 5.97 Å². The predicted octanol–water partition coefficient (Wildman–Crippen LogP) is 2.38. The molecule has 0 bridgehead atoms. The Hall–Kier alpha value is -2.21. The van der Waals surface area contributed by atoms with Gasteiger partial charge in [-0.3, -0.25) is 0 Å². The maximum absolute atomic E-state index is 12.1. The number of hydrogen-bond acceptors (Lipinski definition) is 6. The number of nitrogens with zero attached hydrogens (tertiary/aromatic N) is 3. The average molecular weight is 301 g/mol. The molecule has 3 rings (SSSR count). The van der Waals surface area contributed by atoms with Gasteiger partial charge in [-0.15, -0.1) is 10.2 Å². The van der Waals surface area contributed by atoms with Crippen molar-refractivity contribution in [1.82, 2.24) is 15.1 Å². The highest BCUT2D eigenvalue weighted by molar-refractivity contribution is 5.90. The van der Waals surface area contributed by atoms with Gasteiger partial charge in [0.1, 0.15) is 0 Å². The summed E-state index contributed by atoms with van der Waals surface area (Å²) in [6, 6.07) is 7.02. The van der Waals surface area contributed by atoms with Crippen LogP contribution in [-0.2, 0) is 4.74 Å². The topological polar surface area (TPSA) is 68.5 Å². The van der Waals surface area contributed by atoms with Crippen molar-refractivity contribution in [1.29, 1.82) is 0 Å². The van der Waals surface area contributed by atoms with Crippen LogP contribution in [0.3, 0.4) is 0 Å². The van der Waals surface area contributed by atoms with Gasteiger partial charge in [0.15, 0.2) is 0 Å². The Morgan fingerprint density at radius 3 is 2.95 bits per heavy atom. The Kier molecular flexibility index (Phi) is 4.80. The van der Waals surface area contributed by atoms with Crippen LogP contribution in [0.15, 0.2) is 35.1 Å². The number of benzene rings is 1. The van der Waals surface area contributed by atoms with E-state index in [1.807, 2.05) is 6.07 Å². The van der Waals surface area contributed by atoms with Gasteiger partial charge in [-0.1, -0.05) is 6.07 Å². The summed E-state index contributed by atoms with van der Waals surface area (Å²) in [5.74, 6) is 0.0754. The second-order valence-electron chi connectivity index (χ2n) is 5.36. The summed E-state index contributed by atoms with van der Waals surface area (Å²) in [4.78, 5) is 14.5. The molecule has 0 spiro atoms. The van der Waals surface area contributed by atoms with E-state index < -0.39 is 0 Å². The largest absolute Gasteiger partial charge is 0.462 e. The smallest absolute Gasteiger partial charge is 0.338 e. The molecule has 1 saturated heterocycles. The zero-order valence-corrected chi connectivity index (χ0v) is 12.4. The molecule has 2 heterocycles. The number of carbonyl (C=O) groups is 1. The van der Waals surface area contributed by atoms with Gasteiger partial charge in [0.25, 0.3) is 0 Å². The van der Waals surface area contributed by atoms with Gasteiger partial charge in [0.05, 0.1) is 12.2 Å². The number of aromatic nitrogens is 2. The van der Waals surface area contributed by atoms with Crippen molar-refractivity contribution in [2.75, 3.05) is 26.2 Å². The lowest BCUT2D eigenvalue weighted by Crippen LogP contribution is -2.22. The monoisotopic (exact) mass is 301 g/mol. The summed E-state index contributed by atoms with van der Waals surface area (Å²) in [6.07, 6.45) is 4.69. The lowest BCUT2D eigenvalue weighted by Gasteiger charge is -2.14. The molecule has 0 aliphatic carbocycles. The molecule has 1 aromatic carbocycles. The first kappa shape index (κ1) is 14.7. The van der Waals surface area contributed by atoms with Gasteiger partial charge in [-0.2, -0.15) is 0 Å². The molecule has 0 radical (unpaired) electrons. The third-order valence-corrected chi connectivity index (χ3v) is 3.76. The van der Waals surface area contributed by atoms with Gasteiger partial charge in [-0.25, -0.2) is 4.79 Å². The molecule has 0 N–H and O–H groups in total. The summed E-state index contributed by atoms with van der Waals surface area (Å²) in [7, 11) is 0. The number of rotatable bonds is 6. The number of hydrogen-bond donors (Lipinski definition) is 0. The van der Waals surface area contributed by atoms with Crippen molar-refractivity contribution in [2.24, 2.45) is 0 Å². The first-order valence-corrected chi connectivity index (χ1v) is 7.59. The number of likely N-dealkylation sites (tertiary alicyclic amines) is 1. The van der Waals surface area contributed by atoms with Crippen molar-refractivity contribution in [3.63, 3.8) is 0 Å². The lowest BCUT2D eigenvalue weighted by molar-refractivity contribution is 0.0491. The zero-order valence-electron chi connectivity index (χ0n) is 12.4. The Balaban J connectivity index is 1.50. The van der Waals surface area contributed by atoms with Gasteiger partial charge in [0, 0.05) is 12.1 Å². The van der Waals surface area contributed by atoms with Crippen LogP contribution in [0.25, 0.3) is 11.5 Å². The first-order chi connectivity index (χ1) is 10.8. The number of esters is 1. The van der Waals surface area contributed by atoms with E-state index in [2.05, 4.69) is 15.1 Å². The molecule has 6 nitrogen and oxygen atoms in total. The van der Waals surface area contributed by atoms with E-state index in [0.717, 1.165) is 13.0 Å². The van der Waals surface area contributed by atoms with Crippen LogP contribution < -0.4 is 0 Å². The Morgan fingerprint density at radius 2 is 2.18 bits per heavy atom. The molecular formula is C16H19N3O3. The average Bonchev–Trinajstić information content (AvgIpc) is 3.24. The quantitative estimate of drug-likeness (QED) is 0.603. The normalized spacial score (nSPS) is 15.1. The van der Waals surface area contributed by atoms with E-state index in [1.54, 1.807) is 18.2 Å². The molecule has 22 heavy (non-hydrogen) atoms. The number of ether oxygens (including phenoxy) is 1. The van der Waals surface area contributed by atoms with E-state index in [4.69, 9.17) is 9.15 Å². The standard InChI is InChI=1S/C16H19N3O3/c20-16(21-10-4-9-19-7-1-2-8-19)14-6-3-5-13(11-14)15-18-17-12-22-15/h3,5-6,11-12H,1-2,4,7-10H2. The van der Waals surface area contributed by atoms with E-state index in [1.165, 1.54) is 32.3 Å². The summed E-state index contributed by atoms with van der Waals surface area (Å²) in [6.45, 7) is 3.77. The molecule has 0 unspecified atom stereocenters. The second-order valence-corrected chi connectivity index (χ2v) is 5.36. The molecule has 2 aromatic rings. The van der Waals surface area contributed by atoms with Crippen LogP contribution >= 0.6 is 0 Å². The molecule has 6 heteroatoms. The fraction of sp³-hybridized carbons (Fsp3) is 0.438.